The third-order valence-corrected chi connectivity index (χ3v) is 3.19. The van der Waals surface area contributed by atoms with Crippen molar-refractivity contribution in [1.82, 2.24) is 9.78 Å². The Labute approximate surface area is 105 Å². The SMILES string of the molecule is CCCn1nc(C(C)(C)C)c(O)c1C(C)CC. The highest BCUT2D eigenvalue weighted by molar-refractivity contribution is 5.38. The van der Waals surface area contributed by atoms with Crippen LogP contribution in [0.4, 0.5) is 0 Å². The summed E-state index contributed by atoms with van der Waals surface area (Å²) in [6.07, 6.45) is 2.06. The maximum Gasteiger partial charge on any atom is 0.160 e. The van der Waals surface area contributed by atoms with Gasteiger partial charge in [-0.1, -0.05) is 41.5 Å². The van der Waals surface area contributed by atoms with Gasteiger partial charge in [0.2, 0.25) is 0 Å². The van der Waals surface area contributed by atoms with Gasteiger partial charge in [0.05, 0.1) is 5.69 Å². The molecule has 1 unspecified atom stereocenters. The molecule has 0 amide bonds. The van der Waals surface area contributed by atoms with Crippen molar-refractivity contribution in [3.8, 4) is 5.75 Å². The van der Waals surface area contributed by atoms with Crippen molar-refractivity contribution in [2.45, 2.75) is 72.3 Å². The third kappa shape index (κ3) is 2.82. The first-order valence-electron chi connectivity index (χ1n) is 6.63. The number of hydrogen-bond donors (Lipinski definition) is 1. The van der Waals surface area contributed by atoms with Crippen LogP contribution < -0.4 is 0 Å². The summed E-state index contributed by atoms with van der Waals surface area (Å²) < 4.78 is 1.99. The molecule has 0 saturated carbocycles. The first-order valence-corrected chi connectivity index (χ1v) is 6.63. The summed E-state index contributed by atoms with van der Waals surface area (Å²) >= 11 is 0. The van der Waals surface area contributed by atoms with E-state index in [0.29, 0.717) is 11.7 Å². The van der Waals surface area contributed by atoms with Gasteiger partial charge in [0.25, 0.3) is 0 Å². The molecule has 0 saturated heterocycles. The second-order valence-electron chi connectivity index (χ2n) is 5.86. The smallest absolute Gasteiger partial charge is 0.160 e. The first-order chi connectivity index (χ1) is 7.82. The molecule has 1 heterocycles. The average molecular weight is 238 g/mol. The van der Waals surface area contributed by atoms with Crippen LogP contribution in [0.15, 0.2) is 0 Å². The van der Waals surface area contributed by atoms with Crippen LogP contribution in [0.3, 0.4) is 0 Å². The highest BCUT2D eigenvalue weighted by Gasteiger charge is 2.28. The van der Waals surface area contributed by atoms with E-state index in [0.717, 1.165) is 30.8 Å². The van der Waals surface area contributed by atoms with Gasteiger partial charge in [0, 0.05) is 17.9 Å². The fourth-order valence-electron chi connectivity index (χ4n) is 2.03. The minimum Gasteiger partial charge on any atom is -0.504 e. The topological polar surface area (TPSA) is 38.0 Å². The van der Waals surface area contributed by atoms with E-state index in [1.165, 1.54) is 0 Å². The van der Waals surface area contributed by atoms with Crippen molar-refractivity contribution in [1.29, 1.82) is 0 Å². The molecule has 1 rings (SSSR count). The van der Waals surface area contributed by atoms with Gasteiger partial charge in [-0.15, -0.1) is 0 Å². The van der Waals surface area contributed by atoms with Crippen LogP contribution in [0, 0.1) is 0 Å². The van der Waals surface area contributed by atoms with Gasteiger partial charge < -0.3 is 5.11 Å². The van der Waals surface area contributed by atoms with Crippen LogP contribution in [-0.4, -0.2) is 14.9 Å². The number of nitrogens with zero attached hydrogens (tertiary/aromatic N) is 2. The first kappa shape index (κ1) is 14.1. The Bertz CT molecular complexity index is 374. The Morgan fingerprint density at radius 3 is 2.29 bits per heavy atom. The minimum absolute atomic E-state index is 0.106. The van der Waals surface area contributed by atoms with Gasteiger partial charge in [-0.2, -0.15) is 5.10 Å². The van der Waals surface area contributed by atoms with Crippen molar-refractivity contribution in [2.75, 3.05) is 0 Å². The number of aromatic nitrogens is 2. The average Bonchev–Trinajstić information content (AvgIpc) is 2.55. The molecule has 1 aromatic heterocycles. The summed E-state index contributed by atoms with van der Waals surface area (Å²) in [6, 6.07) is 0. The Kier molecular flexibility index (Phi) is 4.23. The summed E-state index contributed by atoms with van der Waals surface area (Å²) in [6.45, 7) is 13.6. The van der Waals surface area contributed by atoms with Crippen molar-refractivity contribution < 1.29 is 5.11 Å². The van der Waals surface area contributed by atoms with Crippen LogP contribution >= 0.6 is 0 Å². The van der Waals surface area contributed by atoms with Crippen molar-refractivity contribution in [3.05, 3.63) is 11.4 Å². The summed E-state index contributed by atoms with van der Waals surface area (Å²) in [4.78, 5) is 0. The largest absolute Gasteiger partial charge is 0.504 e. The van der Waals surface area contributed by atoms with Gasteiger partial charge in [-0.05, 0) is 12.8 Å². The van der Waals surface area contributed by atoms with Gasteiger partial charge >= 0.3 is 0 Å². The van der Waals surface area contributed by atoms with Crippen LogP contribution in [0.5, 0.6) is 5.75 Å². The van der Waals surface area contributed by atoms with Crippen LogP contribution in [0.2, 0.25) is 0 Å². The Balaban J connectivity index is 3.30. The lowest BCUT2D eigenvalue weighted by Gasteiger charge is -2.15. The van der Waals surface area contributed by atoms with E-state index in [4.69, 9.17) is 0 Å². The van der Waals surface area contributed by atoms with Crippen LogP contribution in [-0.2, 0) is 12.0 Å². The molecule has 0 fully saturated rings. The zero-order valence-electron chi connectivity index (χ0n) is 12.0. The molecular weight excluding hydrogens is 212 g/mol. The van der Waals surface area contributed by atoms with E-state index in [1.807, 2.05) is 4.68 Å². The predicted octanol–water partition coefficient (Wildman–Crippen LogP) is 3.81. The van der Waals surface area contributed by atoms with Gasteiger partial charge in [-0.3, -0.25) is 4.68 Å². The summed E-state index contributed by atoms with van der Waals surface area (Å²) in [5.74, 6) is 0.755. The lowest BCUT2D eigenvalue weighted by Crippen LogP contribution is -2.13. The number of aryl methyl sites for hydroxylation is 1. The normalized spacial score (nSPS) is 14.0. The molecule has 98 valence electrons. The van der Waals surface area contributed by atoms with E-state index in [1.54, 1.807) is 0 Å². The Hall–Kier alpha value is -0.990. The standard InChI is InChI=1S/C14H26N2O/c1-7-9-16-11(10(3)8-2)12(17)13(15-16)14(4,5)6/h10,17H,7-9H2,1-6H3. The fraction of sp³-hybridized carbons (Fsp3) is 0.786. The molecule has 0 bridgehead atoms. The lowest BCUT2D eigenvalue weighted by molar-refractivity contribution is 0.433. The molecule has 0 aliphatic rings. The molecule has 0 spiro atoms. The van der Waals surface area contributed by atoms with Crippen molar-refractivity contribution in [3.63, 3.8) is 0 Å². The molecule has 0 aliphatic carbocycles. The molecule has 0 aromatic carbocycles. The Morgan fingerprint density at radius 2 is 1.88 bits per heavy atom. The zero-order chi connectivity index (χ0) is 13.2. The van der Waals surface area contributed by atoms with E-state index < -0.39 is 0 Å². The highest BCUT2D eigenvalue weighted by Crippen LogP contribution is 2.37. The number of rotatable bonds is 4. The minimum atomic E-state index is -0.106. The van der Waals surface area contributed by atoms with Crippen LogP contribution in [0.1, 0.15) is 71.7 Å². The predicted molar refractivity (Wildman–Crippen MR) is 71.6 cm³/mol. The molecule has 1 aromatic rings. The second-order valence-corrected chi connectivity index (χ2v) is 5.86. The van der Waals surface area contributed by atoms with Gasteiger partial charge in [0.15, 0.2) is 5.75 Å². The van der Waals surface area contributed by atoms with Crippen LogP contribution in [0.25, 0.3) is 0 Å². The third-order valence-electron chi connectivity index (χ3n) is 3.19. The number of hydrogen-bond acceptors (Lipinski definition) is 2. The molecule has 1 atom stereocenters. The molecular formula is C14H26N2O. The number of aromatic hydroxyl groups is 1. The van der Waals surface area contributed by atoms with E-state index in [-0.39, 0.29) is 5.41 Å². The van der Waals surface area contributed by atoms with Gasteiger partial charge in [-0.25, -0.2) is 0 Å². The summed E-state index contributed by atoms with van der Waals surface area (Å²) in [7, 11) is 0. The fourth-order valence-corrected chi connectivity index (χ4v) is 2.03. The maximum atomic E-state index is 10.4. The summed E-state index contributed by atoms with van der Waals surface area (Å²) in [5, 5.41) is 15.0. The quantitative estimate of drug-likeness (QED) is 0.866. The van der Waals surface area contributed by atoms with E-state index in [2.05, 4.69) is 46.6 Å². The highest BCUT2D eigenvalue weighted by atomic mass is 16.3. The second kappa shape index (κ2) is 5.11. The molecule has 0 aliphatic heterocycles. The summed E-state index contributed by atoms with van der Waals surface area (Å²) in [5.41, 5.74) is 1.71. The molecule has 1 N–H and O–H groups in total. The molecule has 3 heteroatoms. The molecule has 3 nitrogen and oxygen atoms in total. The Morgan fingerprint density at radius 1 is 1.29 bits per heavy atom. The van der Waals surface area contributed by atoms with Gasteiger partial charge in [0.1, 0.15) is 5.69 Å². The lowest BCUT2D eigenvalue weighted by atomic mass is 9.90. The molecule has 17 heavy (non-hydrogen) atoms. The molecule has 0 radical (unpaired) electrons. The maximum absolute atomic E-state index is 10.4. The van der Waals surface area contributed by atoms with E-state index >= 15 is 0 Å². The van der Waals surface area contributed by atoms with E-state index in [9.17, 15) is 5.11 Å². The zero-order valence-corrected chi connectivity index (χ0v) is 12.0. The van der Waals surface area contributed by atoms with Crippen molar-refractivity contribution in [2.24, 2.45) is 0 Å². The van der Waals surface area contributed by atoms with Crippen molar-refractivity contribution >= 4 is 0 Å². The monoisotopic (exact) mass is 238 g/mol.